The summed E-state index contributed by atoms with van der Waals surface area (Å²) in [4.78, 5) is 39.5. The first-order valence-electron chi connectivity index (χ1n) is 11.6. The zero-order valence-electron chi connectivity index (χ0n) is 20.0. The zero-order chi connectivity index (χ0) is 26.9. The van der Waals surface area contributed by atoms with Crippen LogP contribution in [-0.2, 0) is 4.79 Å². The van der Waals surface area contributed by atoms with E-state index in [9.17, 15) is 14.4 Å². The Morgan fingerprint density at radius 2 is 1.45 bits per heavy atom. The third-order valence-corrected chi connectivity index (χ3v) is 7.04. The lowest BCUT2D eigenvalue weighted by Gasteiger charge is -2.12. The van der Waals surface area contributed by atoms with E-state index in [1.165, 1.54) is 17.8 Å². The molecule has 190 valence electrons. The van der Waals surface area contributed by atoms with Crippen molar-refractivity contribution in [3.05, 3.63) is 136 Å². The van der Waals surface area contributed by atoms with Crippen molar-refractivity contribution in [1.29, 1.82) is 0 Å². The highest BCUT2D eigenvalue weighted by Gasteiger charge is 2.16. The van der Waals surface area contributed by atoms with Crippen LogP contribution in [0.15, 0.2) is 114 Å². The molecule has 0 aliphatic heterocycles. The van der Waals surface area contributed by atoms with Crippen LogP contribution in [-0.4, -0.2) is 23.4 Å². The van der Waals surface area contributed by atoms with Gasteiger partial charge in [-0.15, -0.1) is 11.8 Å². The van der Waals surface area contributed by atoms with Gasteiger partial charge in [-0.2, -0.15) is 0 Å². The maximum atomic E-state index is 13.3. The zero-order valence-corrected chi connectivity index (χ0v) is 22.3. The van der Waals surface area contributed by atoms with E-state index in [1.54, 1.807) is 97.1 Å². The fourth-order valence-electron chi connectivity index (χ4n) is 3.47. The molecule has 0 unspecified atom stereocenters. The minimum atomic E-state index is -0.525. The summed E-state index contributed by atoms with van der Waals surface area (Å²) in [6, 6.07) is 29.6. The van der Waals surface area contributed by atoms with Gasteiger partial charge in [0.25, 0.3) is 11.8 Å². The van der Waals surface area contributed by atoms with Crippen LogP contribution in [0.5, 0.6) is 0 Å². The van der Waals surface area contributed by atoms with E-state index in [4.69, 9.17) is 23.2 Å². The van der Waals surface area contributed by atoms with Crippen LogP contribution in [0.25, 0.3) is 6.08 Å². The number of halogens is 2. The lowest BCUT2D eigenvalue weighted by atomic mass is 10.1. The standard InChI is InChI=1S/C30H22Cl2N2O3S/c31-25-15-6-4-11-21(25)17-27(34-29(36)20-9-2-1-3-10-20)30(37)33-22-12-8-13-23(18-22)38-19-28(35)24-14-5-7-16-26(24)32/h1-18H,19H2,(H,33,37)(H,34,36)/b27-17-. The monoisotopic (exact) mass is 560 g/mol. The highest BCUT2D eigenvalue weighted by Crippen LogP contribution is 2.25. The number of thioether (sulfide) groups is 1. The molecule has 4 aromatic carbocycles. The maximum absolute atomic E-state index is 13.3. The quantitative estimate of drug-likeness (QED) is 0.127. The average Bonchev–Trinajstić information content (AvgIpc) is 2.93. The summed E-state index contributed by atoms with van der Waals surface area (Å²) in [5.74, 6) is -0.861. The number of nitrogens with one attached hydrogen (secondary N) is 2. The van der Waals surface area contributed by atoms with E-state index in [1.807, 2.05) is 6.07 Å². The van der Waals surface area contributed by atoms with Gasteiger partial charge in [-0.25, -0.2) is 0 Å². The van der Waals surface area contributed by atoms with Gasteiger partial charge in [0.2, 0.25) is 0 Å². The highest BCUT2D eigenvalue weighted by atomic mass is 35.5. The number of Topliss-reactive ketones (excluding diaryl/α,β-unsaturated/α-hetero) is 1. The first-order chi connectivity index (χ1) is 18.4. The third-order valence-electron chi connectivity index (χ3n) is 5.37. The molecule has 0 aliphatic carbocycles. The minimum Gasteiger partial charge on any atom is -0.321 e. The molecule has 0 atom stereocenters. The number of hydrogen-bond donors (Lipinski definition) is 2. The maximum Gasteiger partial charge on any atom is 0.272 e. The number of carbonyl (C=O) groups is 3. The molecule has 0 aromatic heterocycles. The minimum absolute atomic E-state index is 0.0268. The molecule has 0 spiro atoms. The van der Waals surface area contributed by atoms with Crippen LogP contribution >= 0.6 is 35.0 Å². The molecule has 0 heterocycles. The first kappa shape index (κ1) is 27.2. The number of hydrogen-bond acceptors (Lipinski definition) is 4. The van der Waals surface area contributed by atoms with Crippen molar-refractivity contribution in [2.75, 3.05) is 11.1 Å². The molecule has 0 saturated heterocycles. The predicted molar refractivity (Wildman–Crippen MR) is 155 cm³/mol. The highest BCUT2D eigenvalue weighted by molar-refractivity contribution is 8.00. The summed E-state index contributed by atoms with van der Waals surface area (Å²) < 4.78 is 0. The smallest absolute Gasteiger partial charge is 0.272 e. The van der Waals surface area contributed by atoms with Crippen LogP contribution in [0, 0.1) is 0 Å². The Bertz CT molecular complexity index is 1510. The molecule has 2 N–H and O–H groups in total. The number of rotatable bonds is 9. The summed E-state index contributed by atoms with van der Waals surface area (Å²) in [5.41, 5.74) is 1.99. The SMILES string of the molecule is O=C(Nc1cccc(SCC(=O)c2ccccc2Cl)c1)/C(=C/c1ccccc1Cl)NC(=O)c1ccccc1. The van der Waals surface area contributed by atoms with Crippen molar-refractivity contribution >= 4 is 64.3 Å². The van der Waals surface area contributed by atoms with Gasteiger partial charge in [-0.1, -0.05) is 77.8 Å². The van der Waals surface area contributed by atoms with E-state index in [0.29, 0.717) is 32.4 Å². The second-order valence-electron chi connectivity index (χ2n) is 8.07. The summed E-state index contributed by atoms with van der Waals surface area (Å²) in [6.45, 7) is 0. The predicted octanol–water partition coefficient (Wildman–Crippen LogP) is 7.38. The van der Waals surface area contributed by atoms with E-state index < -0.39 is 11.8 Å². The van der Waals surface area contributed by atoms with Crippen molar-refractivity contribution in [2.24, 2.45) is 0 Å². The normalized spacial score (nSPS) is 11.1. The topological polar surface area (TPSA) is 75.3 Å². The fourth-order valence-corrected chi connectivity index (χ4v) is 4.74. The van der Waals surface area contributed by atoms with Crippen LogP contribution in [0.2, 0.25) is 10.0 Å². The summed E-state index contributed by atoms with van der Waals surface area (Å²) >= 11 is 13.8. The molecule has 4 aromatic rings. The molecular weight excluding hydrogens is 539 g/mol. The van der Waals surface area contributed by atoms with Crippen molar-refractivity contribution in [1.82, 2.24) is 5.32 Å². The van der Waals surface area contributed by atoms with Crippen LogP contribution < -0.4 is 10.6 Å². The molecule has 0 saturated carbocycles. The fraction of sp³-hybridized carbons (Fsp3) is 0.0333. The van der Waals surface area contributed by atoms with Gasteiger partial charge >= 0.3 is 0 Å². The average molecular weight is 561 g/mol. The Kier molecular flexibility index (Phi) is 9.38. The van der Waals surface area contributed by atoms with E-state index in [2.05, 4.69) is 10.6 Å². The Labute approximate surface area is 234 Å². The van der Waals surface area contributed by atoms with E-state index >= 15 is 0 Å². The Morgan fingerprint density at radius 3 is 2.18 bits per heavy atom. The van der Waals surface area contributed by atoms with Crippen LogP contribution in [0.4, 0.5) is 5.69 Å². The van der Waals surface area contributed by atoms with Gasteiger partial charge in [0.05, 0.1) is 10.8 Å². The molecule has 2 amide bonds. The lowest BCUT2D eigenvalue weighted by Crippen LogP contribution is -2.30. The third kappa shape index (κ3) is 7.35. The summed E-state index contributed by atoms with van der Waals surface area (Å²) in [7, 11) is 0. The Morgan fingerprint density at radius 1 is 0.763 bits per heavy atom. The van der Waals surface area contributed by atoms with Gasteiger partial charge in [0.1, 0.15) is 5.70 Å². The molecule has 0 radical (unpaired) electrons. The van der Waals surface area contributed by atoms with Crippen molar-refractivity contribution in [3.8, 4) is 0 Å². The molecule has 8 heteroatoms. The number of anilines is 1. The number of ketones is 1. The summed E-state index contributed by atoms with van der Waals surface area (Å²) in [6.07, 6.45) is 1.53. The van der Waals surface area contributed by atoms with Gasteiger partial charge in [0.15, 0.2) is 5.78 Å². The van der Waals surface area contributed by atoms with Crippen molar-refractivity contribution < 1.29 is 14.4 Å². The molecular formula is C30H22Cl2N2O3S. The van der Waals surface area contributed by atoms with Crippen molar-refractivity contribution in [2.45, 2.75) is 4.90 Å². The molecule has 0 bridgehead atoms. The van der Waals surface area contributed by atoms with Gasteiger partial charge in [-0.3, -0.25) is 14.4 Å². The largest absolute Gasteiger partial charge is 0.321 e. The van der Waals surface area contributed by atoms with Crippen LogP contribution in [0.3, 0.4) is 0 Å². The molecule has 38 heavy (non-hydrogen) atoms. The van der Waals surface area contributed by atoms with Crippen LogP contribution in [0.1, 0.15) is 26.3 Å². The van der Waals surface area contributed by atoms with Crippen molar-refractivity contribution in [3.63, 3.8) is 0 Å². The number of benzene rings is 4. The second kappa shape index (κ2) is 13.1. The van der Waals surface area contributed by atoms with E-state index in [0.717, 1.165) is 4.90 Å². The van der Waals surface area contributed by atoms with Gasteiger partial charge in [-0.05, 0) is 60.2 Å². The summed E-state index contributed by atoms with van der Waals surface area (Å²) in [5, 5.41) is 6.37. The van der Waals surface area contributed by atoms with Gasteiger partial charge in [0, 0.05) is 26.7 Å². The molecule has 0 fully saturated rings. The number of carbonyl (C=O) groups excluding carboxylic acids is 3. The molecule has 5 nitrogen and oxygen atoms in total. The number of amides is 2. The second-order valence-corrected chi connectivity index (χ2v) is 9.94. The lowest BCUT2D eigenvalue weighted by molar-refractivity contribution is -0.113. The first-order valence-corrected chi connectivity index (χ1v) is 13.3. The van der Waals surface area contributed by atoms with Gasteiger partial charge < -0.3 is 10.6 Å². The van der Waals surface area contributed by atoms with E-state index in [-0.39, 0.29) is 17.2 Å². The Hall–Kier alpha value is -3.84. The molecule has 4 rings (SSSR count). The molecule has 0 aliphatic rings. The Balaban J connectivity index is 1.50.